The number of nitrogens with zero attached hydrogens (tertiary/aromatic N) is 2. The molecule has 140 valence electrons. The van der Waals surface area contributed by atoms with Crippen molar-refractivity contribution < 1.29 is 4.79 Å². The largest absolute Gasteiger partial charge is 0.324 e. The van der Waals surface area contributed by atoms with Crippen molar-refractivity contribution in [3.8, 4) is 0 Å². The van der Waals surface area contributed by atoms with Crippen LogP contribution in [0, 0.1) is 6.92 Å². The summed E-state index contributed by atoms with van der Waals surface area (Å²) >= 11 is 7.42. The van der Waals surface area contributed by atoms with Crippen LogP contribution in [0.2, 0.25) is 5.02 Å². The normalized spacial score (nSPS) is 10.9. The average Bonchev–Trinajstić information content (AvgIpc) is 2.66. The van der Waals surface area contributed by atoms with Gasteiger partial charge in [-0.05, 0) is 37.1 Å². The lowest BCUT2D eigenvalue weighted by Crippen LogP contribution is -2.24. The highest BCUT2D eigenvalue weighted by molar-refractivity contribution is 7.99. The Morgan fingerprint density at radius 2 is 2.00 bits per heavy atom. The van der Waals surface area contributed by atoms with Crippen molar-refractivity contribution in [1.29, 1.82) is 0 Å². The van der Waals surface area contributed by atoms with Crippen LogP contribution in [0.4, 0.5) is 5.69 Å². The summed E-state index contributed by atoms with van der Waals surface area (Å²) in [6.45, 7) is 4.45. The Labute approximate surface area is 166 Å². The number of para-hydroxylation sites is 2. The third-order valence-corrected chi connectivity index (χ3v) is 5.38. The molecule has 1 heterocycles. The second kappa shape index (κ2) is 8.59. The molecular weight excluding hydrogens is 382 g/mol. The minimum atomic E-state index is -0.193. The van der Waals surface area contributed by atoms with E-state index < -0.39 is 0 Å². The van der Waals surface area contributed by atoms with Crippen LogP contribution in [0.15, 0.2) is 52.4 Å². The first-order valence-corrected chi connectivity index (χ1v) is 10.0. The predicted octanol–water partition coefficient (Wildman–Crippen LogP) is 4.50. The van der Waals surface area contributed by atoms with Gasteiger partial charge in [0.05, 0.1) is 27.4 Å². The van der Waals surface area contributed by atoms with E-state index in [0.717, 1.165) is 12.0 Å². The van der Waals surface area contributed by atoms with Crippen LogP contribution in [-0.4, -0.2) is 21.2 Å². The Balaban J connectivity index is 1.83. The molecule has 1 aromatic heterocycles. The van der Waals surface area contributed by atoms with Crippen LogP contribution < -0.4 is 10.9 Å². The first kappa shape index (κ1) is 19.5. The fourth-order valence-electron chi connectivity index (χ4n) is 2.77. The van der Waals surface area contributed by atoms with Gasteiger partial charge in [-0.25, -0.2) is 4.98 Å². The lowest BCUT2D eigenvalue weighted by atomic mass is 10.2. The molecule has 0 aliphatic carbocycles. The van der Waals surface area contributed by atoms with Gasteiger partial charge in [-0.3, -0.25) is 14.2 Å². The number of hydrogen-bond acceptors (Lipinski definition) is 4. The molecule has 3 rings (SSSR count). The monoisotopic (exact) mass is 401 g/mol. The molecule has 0 fully saturated rings. The summed E-state index contributed by atoms with van der Waals surface area (Å²) in [5.41, 5.74) is 2.07. The zero-order valence-electron chi connectivity index (χ0n) is 15.2. The maximum absolute atomic E-state index is 12.8. The molecule has 5 nitrogen and oxygen atoms in total. The van der Waals surface area contributed by atoms with Gasteiger partial charge in [-0.2, -0.15) is 0 Å². The van der Waals surface area contributed by atoms with Crippen LogP contribution in [0.3, 0.4) is 0 Å². The molecule has 0 aliphatic rings. The zero-order valence-corrected chi connectivity index (χ0v) is 16.7. The number of rotatable bonds is 6. The highest BCUT2D eigenvalue weighted by atomic mass is 35.5. The van der Waals surface area contributed by atoms with Crippen molar-refractivity contribution in [1.82, 2.24) is 9.55 Å². The first-order valence-electron chi connectivity index (χ1n) is 8.68. The number of fused-ring (bicyclic) bond motifs is 1. The van der Waals surface area contributed by atoms with E-state index in [9.17, 15) is 9.59 Å². The average molecular weight is 402 g/mol. The van der Waals surface area contributed by atoms with E-state index in [2.05, 4.69) is 10.3 Å². The number of anilines is 1. The summed E-state index contributed by atoms with van der Waals surface area (Å²) in [6, 6.07) is 12.7. The Hall–Kier alpha value is -2.31. The van der Waals surface area contributed by atoms with Gasteiger partial charge in [0.25, 0.3) is 5.56 Å². The summed E-state index contributed by atoms with van der Waals surface area (Å²) in [6.07, 6.45) is 0.804. The molecule has 0 atom stereocenters. The molecule has 3 aromatic rings. The van der Waals surface area contributed by atoms with E-state index >= 15 is 0 Å². The van der Waals surface area contributed by atoms with Crippen molar-refractivity contribution >= 4 is 45.9 Å². The molecule has 0 bridgehead atoms. The van der Waals surface area contributed by atoms with Crippen molar-refractivity contribution in [2.45, 2.75) is 32.0 Å². The van der Waals surface area contributed by atoms with Crippen LogP contribution in [0.5, 0.6) is 0 Å². The molecule has 0 radical (unpaired) electrons. The molecule has 27 heavy (non-hydrogen) atoms. The van der Waals surface area contributed by atoms with Gasteiger partial charge in [0.2, 0.25) is 5.91 Å². The molecule has 7 heteroatoms. The van der Waals surface area contributed by atoms with Crippen molar-refractivity contribution in [2.75, 3.05) is 11.1 Å². The highest BCUT2D eigenvalue weighted by Crippen LogP contribution is 2.26. The second-order valence-corrected chi connectivity index (χ2v) is 7.49. The number of benzene rings is 2. The number of aromatic nitrogens is 2. The number of carbonyl (C=O) groups is 1. The van der Waals surface area contributed by atoms with Gasteiger partial charge in [0.15, 0.2) is 5.16 Å². The molecule has 0 saturated carbocycles. The summed E-state index contributed by atoms with van der Waals surface area (Å²) < 4.78 is 1.64. The topological polar surface area (TPSA) is 64.0 Å². The molecule has 0 unspecified atom stereocenters. The van der Waals surface area contributed by atoms with Gasteiger partial charge in [0, 0.05) is 6.54 Å². The maximum Gasteiger partial charge on any atom is 0.262 e. The van der Waals surface area contributed by atoms with Gasteiger partial charge in [0.1, 0.15) is 0 Å². The van der Waals surface area contributed by atoms with Gasteiger partial charge in [-0.15, -0.1) is 0 Å². The van der Waals surface area contributed by atoms with E-state index in [0.29, 0.717) is 33.3 Å². The Morgan fingerprint density at radius 1 is 1.22 bits per heavy atom. The minimum absolute atomic E-state index is 0.0766. The van der Waals surface area contributed by atoms with E-state index in [1.807, 2.05) is 44.2 Å². The molecule has 2 aromatic carbocycles. The van der Waals surface area contributed by atoms with Crippen molar-refractivity contribution in [3.63, 3.8) is 0 Å². The summed E-state index contributed by atoms with van der Waals surface area (Å²) in [5, 5.41) is 4.48. The summed E-state index contributed by atoms with van der Waals surface area (Å²) in [7, 11) is 0. The SMILES string of the molecule is CCCn1c(SCC(=O)Nc2c(C)cccc2Cl)nc2ccccc2c1=O. The molecule has 0 aliphatic heterocycles. The Morgan fingerprint density at radius 3 is 2.74 bits per heavy atom. The van der Waals surface area contributed by atoms with Crippen LogP contribution in [0.25, 0.3) is 10.9 Å². The highest BCUT2D eigenvalue weighted by Gasteiger charge is 2.14. The van der Waals surface area contributed by atoms with E-state index in [1.165, 1.54) is 11.8 Å². The fourth-order valence-corrected chi connectivity index (χ4v) is 3.87. The maximum atomic E-state index is 12.8. The molecule has 1 N–H and O–H groups in total. The first-order chi connectivity index (χ1) is 13.0. The predicted molar refractivity (Wildman–Crippen MR) is 112 cm³/mol. The Bertz CT molecular complexity index is 1030. The molecule has 1 amide bonds. The van der Waals surface area contributed by atoms with E-state index in [4.69, 9.17) is 11.6 Å². The Kier molecular flexibility index (Phi) is 6.19. The summed E-state index contributed by atoms with van der Waals surface area (Å²) in [4.78, 5) is 29.7. The minimum Gasteiger partial charge on any atom is -0.324 e. The number of hydrogen-bond donors (Lipinski definition) is 1. The standard InChI is InChI=1S/C20H20ClN3O2S/c1-3-11-24-19(26)14-8-4-5-10-16(14)22-20(24)27-12-17(25)23-18-13(2)7-6-9-15(18)21/h4-10H,3,11-12H2,1-2H3,(H,23,25). The van der Waals surface area contributed by atoms with Crippen LogP contribution >= 0.6 is 23.4 Å². The van der Waals surface area contributed by atoms with Crippen molar-refractivity contribution in [2.24, 2.45) is 0 Å². The lowest BCUT2D eigenvalue weighted by molar-refractivity contribution is -0.113. The van der Waals surface area contributed by atoms with Gasteiger partial charge >= 0.3 is 0 Å². The second-order valence-electron chi connectivity index (χ2n) is 6.14. The smallest absolute Gasteiger partial charge is 0.262 e. The van der Waals surface area contributed by atoms with Crippen LogP contribution in [-0.2, 0) is 11.3 Å². The van der Waals surface area contributed by atoms with E-state index in [-0.39, 0.29) is 17.2 Å². The van der Waals surface area contributed by atoms with Gasteiger partial charge in [-0.1, -0.05) is 54.6 Å². The van der Waals surface area contributed by atoms with Crippen LogP contribution in [0.1, 0.15) is 18.9 Å². The van der Waals surface area contributed by atoms with Gasteiger partial charge < -0.3 is 5.32 Å². The molecule has 0 saturated heterocycles. The zero-order chi connectivity index (χ0) is 19.4. The quantitative estimate of drug-likeness (QED) is 0.488. The number of aryl methyl sites for hydroxylation is 1. The molecule has 0 spiro atoms. The number of halogens is 1. The lowest BCUT2D eigenvalue weighted by Gasteiger charge is -2.13. The third-order valence-electron chi connectivity index (χ3n) is 4.09. The van der Waals surface area contributed by atoms with E-state index in [1.54, 1.807) is 16.7 Å². The number of carbonyl (C=O) groups excluding carboxylic acids is 1. The fraction of sp³-hybridized carbons (Fsp3) is 0.250. The number of nitrogens with one attached hydrogen (secondary N) is 1. The third kappa shape index (κ3) is 4.34. The number of thioether (sulfide) groups is 1. The summed E-state index contributed by atoms with van der Waals surface area (Å²) in [5.74, 6) is -0.0549. The molecular formula is C20H20ClN3O2S. The van der Waals surface area contributed by atoms with Crippen molar-refractivity contribution in [3.05, 3.63) is 63.4 Å². The number of amides is 1.